The van der Waals surface area contributed by atoms with E-state index in [4.69, 9.17) is 14.2 Å². The van der Waals surface area contributed by atoms with E-state index in [1.54, 1.807) is 22.2 Å². The highest BCUT2D eigenvalue weighted by Crippen LogP contribution is 2.18. The molecule has 2 saturated heterocycles. The third kappa shape index (κ3) is 6.48. The van der Waals surface area contributed by atoms with E-state index in [9.17, 15) is 9.59 Å². The quantitative estimate of drug-likeness (QED) is 0.677. The van der Waals surface area contributed by atoms with Gasteiger partial charge in [-0.3, -0.25) is 9.88 Å². The Labute approximate surface area is 177 Å². The van der Waals surface area contributed by atoms with Crippen LogP contribution in [0.3, 0.4) is 0 Å². The molecule has 2 amide bonds. The van der Waals surface area contributed by atoms with E-state index in [2.05, 4.69) is 17.2 Å². The van der Waals surface area contributed by atoms with Gasteiger partial charge in [-0.15, -0.1) is 0 Å². The smallest absolute Gasteiger partial charge is 0.410 e. The van der Waals surface area contributed by atoms with E-state index in [0.717, 1.165) is 19.4 Å². The van der Waals surface area contributed by atoms with Gasteiger partial charge in [-0.1, -0.05) is 13.3 Å². The average molecular weight is 421 g/mol. The molecule has 0 saturated carbocycles. The first-order valence-electron chi connectivity index (χ1n) is 10.8. The maximum Gasteiger partial charge on any atom is 0.410 e. The molecule has 1 aromatic rings. The summed E-state index contributed by atoms with van der Waals surface area (Å²) in [4.78, 5) is 32.3. The number of piperidine rings is 1. The molecule has 9 nitrogen and oxygen atoms in total. The third-order valence-corrected chi connectivity index (χ3v) is 5.35. The number of unbranched alkanes of at least 4 members (excludes halogenated alkanes) is 1. The first kappa shape index (κ1) is 22.1. The number of piperazine rings is 1. The van der Waals surface area contributed by atoms with Crippen LogP contribution in [0.25, 0.3) is 0 Å². The summed E-state index contributed by atoms with van der Waals surface area (Å²) in [5.41, 5.74) is 0. The van der Waals surface area contributed by atoms with E-state index in [1.165, 1.54) is 0 Å². The largest absolute Gasteiger partial charge is 0.490 e. The Morgan fingerprint density at radius 3 is 2.80 bits per heavy atom. The third-order valence-electron chi connectivity index (χ3n) is 5.35. The van der Waals surface area contributed by atoms with Gasteiger partial charge in [0.25, 0.3) is 0 Å². The fourth-order valence-corrected chi connectivity index (χ4v) is 3.54. The molecular weight excluding hydrogens is 388 g/mol. The molecule has 0 aromatic carbocycles. The molecule has 3 heterocycles. The van der Waals surface area contributed by atoms with Crippen molar-refractivity contribution in [3.63, 3.8) is 0 Å². The summed E-state index contributed by atoms with van der Waals surface area (Å²) >= 11 is 0. The lowest BCUT2D eigenvalue weighted by Crippen LogP contribution is -2.56. The zero-order chi connectivity index (χ0) is 21.2. The van der Waals surface area contributed by atoms with Gasteiger partial charge in [-0.2, -0.15) is 0 Å². The van der Waals surface area contributed by atoms with Crippen LogP contribution >= 0.6 is 0 Å². The summed E-state index contributed by atoms with van der Waals surface area (Å²) in [5.74, 6) is 0.676. The summed E-state index contributed by atoms with van der Waals surface area (Å²) in [6.07, 6.45) is 5.67. The van der Waals surface area contributed by atoms with Gasteiger partial charge < -0.3 is 24.4 Å². The summed E-state index contributed by atoms with van der Waals surface area (Å²) < 4.78 is 16.8. The van der Waals surface area contributed by atoms with E-state index in [-0.39, 0.29) is 24.3 Å². The molecule has 166 valence electrons. The summed E-state index contributed by atoms with van der Waals surface area (Å²) in [6, 6.07) is 3.54. The molecule has 0 bridgehead atoms. The van der Waals surface area contributed by atoms with Crippen molar-refractivity contribution in [2.45, 2.75) is 44.8 Å². The number of nitrogens with zero attached hydrogens (tertiary/aromatic N) is 3. The van der Waals surface area contributed by atoms with Crippen molar-refractivity contribution in [3.05, 3.63) is 24.5 Å². The first-order valence-corrected chi connectivity index (χ1v) is 10.8. The van der Waals surface area contributed by atoms with E-state index < -0.39 is 0 Å². The maximum atomic E-state index is 12.8. The number of ether oxygens (including phenoxy) is 3. The molecule has 3 rings (SSSR count). The van der Waals surface area contributed by atoms with Gasteiger partial charge in [-0.25, -0.2) is 9.59 Å². The van der Waals surface area contributed by atoms with E-state index in [0.29, 0.717) is 58.0 Å². The molecule has 1 atom stereocenters. The number of aromatic nitrogens is 1. The molecule has 1 N–H and O–H groups in total. The molecule has 30 heavy (non-hydrogen) atoms. The maximum absolute atomic E-state index is 12.8. The number of likely N-dealkylation sites (tertiary alicyclic amines) is 1. The predicted octanol–water partition coefficient (Wildman–Crippen LogP) is 2.27. The molecule has 1 aromatic heterocycles. The van der Waals surface area contributed by atoms with Crippen LogP contribution in [-0.4, -0.2) is 85.1 Å². The highest BCUT2D eigenvalue weighted by molar-refractivity contribution is 5.69. The monoisotopic (exact) mass is 420 g/mol. The van der Waals surface area contributed by atoms with Gasteiger partial charge >= 0.3 is 12.2 Å². The zero-order valence-electron chi connectivity index (χ0n) is 17.6. The molecule has 1 unspecified atom stereocenters. The van der Waals surface area contributed by atoms with Crippen molar-refractivity contribution >= 4 is 12.2 Å². The number of carbonyl (C=O) groups excluding carboxylic acids is 2. The van der Waals surface area contributed by atoms with Crippen molar-refractivity contribution in [2.24, 2.45) is 0 Å². The predicted molar refractivity (Wildman–Crippen MR) is 110 cm³/mol. The van der Waals surface area contributed by atoms with Crippen molar-refractivity contribution in [1.82, 2.24) is 20.1 Å². The number of carbonyl (C=O) groups is 2. The number of rotatable bonds is 7. The number of hydrogen-bond acceptors (Lipinski definition) is 7. The fraction of sp³-hybridized carbons (Fsp3) is 0.667. The highest BCUT2D eigenvalue weighted by atomic mass is 16.6. The molecule has 0 radical (unpaired) electrons. The lowest BCUT2D eigenvalue weighted by molar-refractivity contribution is 0.0103. The van der Waals surface area contributed by atoms with Crippen LogP contribution in [0.15, 0.2) is 24.5 Å². The standard InChI is InChI=1S/C21H32N4O5/c1-2-3-13-28-20(26)24-10-6-18(7-11-24)30-21(27)25-12-9-23-14-17(25)16-29-19-5-4-8-22-15-19/h4-5,8,15,17-18,23H,2-3,6-7,9-14,16H2,1H3. The minimum atomic E-state index is -0.319. The Morgan fingerprint density at radius 2 is 2.07 bits per heavy atom. The van der Waals surface area contributed by atoms with Crippen molar-refractivity contribution in [1.29, 1.82) is 0 Å². The molecule has 0 spiro atoms. The van der Waals surface area contributed by atoms with Gasteiger partial charge in [0.05, 0.1) is 18.8 Å². The van der Waals surface area contributed by atoms with Crippen LogP contribution in [0, 0.1) is 0 Å². The Balaban J connectivity index is 1.43. The second kappa shape index (κ2) is 11.6. The number of amides is 2. The Hall–Kier alpha value is -2.55. The van der Waals surface area contributed by atoms with Crippen molar-refractivity contribution in [3.8, 4) is 5.75 Å². The molecule has 2 aliphatic heterocycles. The summed E-state index contributed by atoms with van der Waals surface area (Å²) in [5, 5.41) is 3.30. The summed E-state index contributed by atoms with van der Waals surface area (Å²) in [6.45, 7) is 5.91. The Morgan fingerprint density at radius 1 is 1.23 bits per heavy atom. The second-order valence-corrected chi connectivity index (χ2v) is 7.59. The lowest BCUT2D eigenvalue weighted by atomic mass is 10.1. The average Bonchev–Trinajstić information content (AvgIpc) is 2.79. The van der Waals surface area contributed by atoms with Crippen LogP contribution in [0.4, 0.5) is 9.59 Å². The van der Waals surface area contributed by atoms with Gasteiger partial charge in [-0.05, 0) is 18.6 Å². The van der Waals surface area contributed by atoms with Gasteiger partial charge in [0.2, 0.25) is 0 Å². The minimum Gasteiger partial charge on any atom is -0.490 e. The highest BCUT2D eigenvalue weighted by Gasteiger charge is 2.32. The van der Waals surface area contributed by atoms with Crippen molar-refractivity contribution < 1.29 is 23.8 Å². The molecular formula is C21H32N4O5. The fourth-order valence-electron chi connectivity index (χ4n) is 3.54. The molecule has 2 fully saturated rings. The summed E-state index contributed by atoms with van der Waals surface area (Å²) in [7, 11) is 0. The van der Waals surface area contributed by atoms with Gasteiger partial charge in [0.1, 0.15) is 18.5 Å². The van der Waals surface area contributed by atoms with Crippen LogP contribution in [0.5, 0.6) is 5.75 Å². The normalized spacial score (nSPS) is 20.0. The van der Waals surface area contributed by atoms with Gasteiger partial charge in [0.15, 0.2) is 0 Å². The topological polar surface area (TPSA) is 93.2 Å². The molecule has 9 heteroatoms. The Bertz CT molecular complexity index is 667. The lowest BCUT2D eigenvalue weighted by Gasteiger charge is -2.37. The number of nitrogens with one attached hydrogen (secondary N) is 1. The van der Waals surface area contributed by atoms with Gasteiger partial charge in [0, 0.05) is 51.8 Å². The van der Waals surface area contributed by atoms with E-state index in [1.807, 2.05) is 12.1 Å². The second-order valence-electron chi connectivity index (χ2n) is 7.59. The molecule has 0 aliphatic carbocycles. The minimum absolute atomic E-state index is 0.111. The van der Waals surface area contributed by atoms with Crippen LogP contribution in [-0.2, 0) is 9.47 Å². The Kier molecular flexibility index (Phi) is 8.55. The van der Waals surface area contributed by atoms with Crippen molar-refractivity contribution in [2.75, 3.05) is 45.9 Å². The van der Waals surface area contributed by atoms with Crippen LogP contribution in [0.2, 0.25) is 0 Å². The van der Waals surface area contributed by atoms with Crippen LogP contribution < -0.4 is 10.1 Å². The SMILES string of the molecule is CCCCOC(=O)N1CCC(OC(=O)N2CCNCC2COc2cccnc2)CC1. The van der Waals surface area contributed by atoms with Crippen LogP contribution in [0.1, 0.15) is 32.6 Å². The van der Waals surface area contributed by atoms with E-state index >= 15 is 0 Å². The number of pyridine rings is 1. The molecule has 2 aliphatic rings. The zero-order valence-corrected chi connectivity index (χ0v) is 17.6. The number of hydrogen-bond donors (Lipinski definition) is 1. The first-order chi connectivity index (χ1) is 14.7.